The summed E-state index contributed by atoms with van der Waals surface area (Å²) >= 11 is 0. The highest BCUT2D eigenvalue weighted by molar-refractivity contribution is 7.71. The Morgan fingerprint density at radius 2 is 1.74 bits per heavy atom. The van der Waals surface area contributed by atoms with Gasteiger partial charge in [0.2, 0.25) is 0 Å². The van der Waals surface area contributed by atoms with E-state index in [1.807, 2.05) is 30.3 Å². The van der Waals surface area contributed by atoms with E-state index in [-0.39, 0.29) is 13.2 Å². The van der Waals surface area contributed by atoms with Gasteiger partial charge >= 0.3 is 13.2 Å². The van der Waals surface area contributed by atoms with Crippen LogP contribution in [0.15, 0.2) is 30.3 Å². The van der Waals surface area contributed by atoms with Gasteiger partial charge in [-0.3, -0.25) is 4.79 Å². The Kier molecular flexibility index (Phi) is 6.78. The molecule has 1 aromatic rings. The fourth-order valence-electron chi connectivity index (χ4n) is 1.55. The molecule has 0 spiro atoms. The molecule has 6 heteroatoms. The van der Waals surface area contributed by atoms with E-state index in [1.54, 1.807) is 13.8 Å². The predicted molar refractivity (Wildman–Crippen MR) is 74.4 cm³/mol. The lowest BCUT2D eigenvalue weighted by atomic mass is 10.2. The Morgan fingerprint density at radius 1 is 1.16 bits per heavy atom. The topological polar surface area (TPSA) is 64.6 Å². The second-order valence-electron chi connectivity index (χ2n) is 3.80. The average Bonchev–Trinajstić information content (AvgIpc) is 2.40. The van der Waals surface area contributed by atoms with E-state index in [0.717, 1.165) is 5.56 Å². The predicted octanol–water partition coefficient (Wildman–Crippen LogP) is 3.20. The molecule has 0 unspecified atom stereocenters. The monoisotopic (exact) mass is 285 g/mol. The smallest absolute Gasteiger partial charge is 0.345 e. The molecule has 1 N–H and O–H groups in total. The zero-order valence-electron chi connectivity index (χ0n) is 11.3. The summed E-state index contributed by atoms with van der Waals surface area (Å²) in [7, 11) is -3.68. The minimum atomic E-state index is -3.68. The molecule has 5 nitrogen and oxygen atoms in total. The number of rotatable bonds is 8. The standard InChI is InChI=1S/C13H20NO4P/c1-3-17-19(16,18-4-2)13(15)14-11-10-12-8-6-5-7-9-12/h5-9H,3-4,10-11H2,1-2H3,(H,14,15). The Hall–Kier alpha value is -1.16. The number of hydrogen-bond donors (Lipinski definition) is 1. The van der Waals surface area contributed by atoms with Crippen LogP contribution < -0.4 is 5.32 Å². The molecule has 0 aromatic heterocycles. The largest absolute Gasteiger partial charge is 0.418 e. The van der Waals surface area contributed by atoms with E-state index in [1.165, 1.54) is 0 Å². The van der Waals surface area contributed by atoms with Gasteiger partial charge in [0.05, 0.1) is 13.2 Å². The van der Waals surface area contributed by atoms with Crippen molar-refractivity contribution in [3.05, 3.63) is 35.9 Å². The number of nitrogens with one attached hydrogen (secondary N) is 1. The van der Waals surface area contributed by atoms with Crippen molar-refractivity contribution >= 4 is 13.2 Å². The van der Waals surface area contributed by atoms with Crippen molar-refractivity contribution in [2.24, 2.45) is 0 Å². The van der Waals surface area contributed by atoms with Gasteiger partial charge in [-0.1, -0.05) is 30.3 Å². The van der Waals surface area contributed by atoms with Crippen LogP contribution in [0.25, 0.3) is 0 Å². The Balaban J connectivity index is 2.47. The van der Waals surface area contributed by atoms with E-state index in [0.29, 0.717) is 13.0 Å². The minimum Gasteiger partial charge on any atom is -0.345 e. The summed E-state index contributed by atoms with van der Waals surface area (Å²) in [5.74, 6) is 0. The highest BCUT2D eigenvalue weighted by Crippen LogP contribution is 2.48. The molecule has 0 aliphatic rings. The zero-order chi connectivity index (χ0) is 14.1. The maximum Gasteiger partial charge on any atom is 0.418 e. The normalized spacial score (nSPS) is 11.3. The van der Waals surface area contributed by atoms with Crippen molar-refractivity contribution in [3.63, 3.8) is 0 Å². The molecule has 1 amide bonds. The summed E-state index contributed by atoms with van der Waals surface area (Å²) < 4.78 is 22.0. The quantitative estimate of drug-likeness (QED) is 0.745. The van der Waals surface area contributed by atoms with Gasteiger partial charge in [0, 0.05) is 6.54 Å². The first-order valence-corrected chi connectivity index (χ1v) is 7.88. The van der Waals surface area contributed by atoms with Crippen LogP contribution >= 0.6 is 7.60 Å². The Bertz CT molecular complexity index is 426. The highest BCUT2D eigenvalue weighted by atomic mass is 31.2. The summed E-state index contributed by atoms with van der Waals surface area (Å²) in [4.78, 5) is 11.8. The van der Waals surface area contributed by atoms with Gasteiger partial charge in [0.15, 0.2) is 0 Å². The van der Waals surface area contributed by atoms with Crippen LogP contribution in [0, 0.1) is 0 Å². The van der Waals surface area contributed by atoms with Crippen molar-refractivity contribution in [2.45, 2.75) is 20.3 Å². The molecule has 1 aromatic carbocycles. The van der Waals surface area contributed by atoms with Gasteiger partial charge < -0.3 is 14.4 Å². The third-order valence-electron chi connectivity index (χ3n) is 2.38. The first-order chi connectivity index (χ1) is 9.12. The fourth-order valence-corrected chi connectivity index (χ4v) is 2.84. The second kappa shape index (κ2) is 8.10. The first kappa shape index (κ1) is 15.9. The van der Waals surface area contributed by atoms with Crippen molar-refractivity contribution < 1.29 is 18.4 Å². The van der Waals surface area contributed by atoms with Crippen molar-refractivity contribution in [2.75, 3.05) is 19.8 Å². The van der Waals surface area contributed by atoms with Gasteiger partial charge in [0.1, 0.15) is 0 Å². The number of carbonyl (C=O) groups is 1. The fraction of sp³-hybridized carbons (Fsp3) is 0.462. The summed E-state index contributed by atoms with van der Waals surface area (Å²) in [6.07, 6.45) is 0.671. The molecule has 0 aliphatic carbocycles. The maximum absolute atomic E-state index is 12.1. The van der Waals surface area contributed by atoms with E-state index in [2.05, 4.69) is 5.32 Å². The number of hydrogen-bond acceptors (Lipinski definition) is 4. The molecule has 106 valence electrons. The van der Waals surface area contributed by atoms with E-state index in [4.69, 9.17) is 9.05 Å². The van der Waals surface area contributed by atoms with Gasteiger partial charge in [-0.25, -0.2) is 4.57 Å². The lowest BCUT2D eigenvalue weighted by Gasteiger charge is -2.16. The van der Waals surface area contributed by atoms with Crippen molar-refractivity contribution in [1.82, 2.24) is 5.32 Å². The summed E-state index contributed by atoms with van der Waals surface area (Å²) in [5, 5.41) is 2.59. The molecule has 0 saturated carbocycles. The molecule has 1 rings (SSSR count). The highest BCUT2D eigenvalue weighted by Gasteiger charge is 2.33. The van der Waals surface area contributed by atoms with Crippen LogP contribution in [0.1, 0.15) is 19.4 Å². The molecule has 0 radical (unpaired) electrons. The second-order valence-corrected chi connectivity index (χ2v) is 5.72. The summed E-state index contributed by atoms with van der Waals surface area (Å²) in [6, 6.07) is 9.74. The zero-order valence-corrected chi connectivity index (χ0v) is 12.2. The van der Waals surface area contributed by atoms with E-state index in [9.17, 15) is 9.36 Å². The van der Waals surface area contributed by atoms with Crippen LogP contribution in [0.5, 0.6) is 0 Å². The van der Waals surface area contributed by atoms with Crippen LogP contribution in [0.4, 0.5) is 4.79 Å². The summed E-state index contributed by atoms with van der Waals surface area (Å²) in [6.45, 7) is 4.07. The van der Waals surface area contributed by atoms with Crippen LogP contribution in [-0.2, 0) is 20.0 Å². The summed E-state index contributed by atoms with van der Waals surface area (Å²) in [5.41, 5.74) is 0.428. The van der Waals surface area contributed by atoms with Gasteiger partial charge in [0.25, 0.3) is 0 Å². The third-order valence-corrected chi connectivity index (χ3v) is 4.23. The number of benzene rings is 1. The molecule has 19 heavy (non-hydrogen) atoms. The van der Waals surface area contributed by atoms with Gasteiger partial charge in [-0.05, 0) is 25.8 Å². The molecule has 0 atom stereocenters. The molecule has 0 fully saturated rings. The first-order valence-electron chi connectivity index (χ1n) is 6.33. The van der Waals surface area contributed by atoms with Crippen molar-refractivity contribution in [1.29, 1.82) is 0 Å². The lowest BCUT2D eigenvalue weighted by molar-refractivity contribution is 0.207. The number of carbonyl (C=O) groups excluding carboxylic acids is 1. The molecule has 0 aliphatic heterocycles. The van der Waals surface area contributed by atoms with Crippen LogP contribution in [0.3, 0.4) is 0 Å². The lowest BCUT2D eigenvalue weighted by Crippen LogP contribution is -2.25. The van der Waals surface area contributed by atoms with Crippen LogP contribution in [-0.4, -0.2) is 25.4 Å². The maximum atomic E-state index is 12.1. The number of amides is 1. The molecule has 0 bridgehead atoms. The van der Waals surface area contributed by atoms with Crippen LogP contribution in [0.2, 0.25) is 0 Å². The molecule has 0 heterocycles. The van der Waals surface area contributed by atoms with Gasteiger partial charge in [-0.2, -0.15) is 0 Å². The molecular formula is C13H20NO4P. The van der Waals surface area contributed by atoms with E-state index < -0.39 is 13.2 Å². The molecule has 0 saturated heterocycles. The SMILES string of the molecule is CCOP(=O)(OCC)C(=O)NCCc1ccccc1. The minimum absolute atomic E-state index is 0.170. The Labute approximate surface area is 113 Å². The van der Waals surface area contributed by atoms with Gasteiger partial charge in [-0.15, -0.1) is 0 Å². The van der Waals surface area contributed by atoms with Crippen molar-refractivity contribution in [3.8, 4) is 0 Å². The van der Waals surface area contributed by atoms with E-state index >= 15 is 0 Å². The average molecular weight is 285 g/mol. The third kappa shape index (κ3) is 5.15. The Morgan fingerprint density at radius 3 is 2.26 bits per heavy atom. The molecular weight excluding hydrogens is 265 g/mol.